The molecule has 0 fully saturated rings. The van der Waals surface area contributed by atoms with Crippen LogP contribution in [0, 0.1) is 11.3 Å². The van der Waals surface area contributed by atoms with Crippen LogP contribution < -0.4 is 14.4 Å². The quantitative estimate of drug-likeness (QED) is 0.362. The summed E-state index contributed by atoms with van der Waals surface area (Å²) in [6, 6.07) is 16.4. The Morgan fingerprint density at radius 2 is 1.84 bits per heavy atom. The van der Waals surface area contributed by atoms with Crippen molar-refractivity contribution < 1.29 is 23.8 Å². The average molecular weight is 437 g/mol. The summed E-state index contributed by atoms with van der Waals surface area (Å²) in [6.45, 7) is 4.79. The number of esters is 1. The number of para-hydroxylation sites is 1. The highest BCUT2D eigenvalue weighted by Crippen LogP contribution is 2.29. The first kappa shape index (κ1) is 24.5. The fourth-order valence-corrected chi connectivity index (χ4v) is 2.82. The lowest BCUT2D eigenvalue weighted by molar-refractivity contribution is -0.142. The zero-order valence-corrected chi connectivity index (χ0v) is 18.5. The molecule has 32 heavy (non-hydrogen) atoms. The molecule has 0 heterocycles. The molecule has 0 atom stereocenters. The number of hydrogen-bond acceptors (Lipinski definition) is 6. The van der Waals surface area contributed by atoms with Gasteiger partial charge in [0, 0.05) is 18.3 Å². The first-order valence-corrected chi connectivity index (χ1v) is 10.6. The summed E-state index contributed by atoms with van der Waals surface area (Å²) < 4.78 is 16.4. The summed E-state index contributed by atoms with van der Waals surface area (Å²) in [5.41, 5.74) is 1.38. The van der Waals surface area contributed by atoms with Crippen LogP contribution in [-0.2, 0) is 14.3 Å². The maximum Gasteiger partial charge on any atom is 0.331 e. The van der Waals surface area contributed by atoms with Crippen LogP contribution in [0.4, 0.5) is 5.69 Å². The minimum atomic E-state index is -0.643. The van der Waals surface area contributed by atoms with Crippen LogP contribution in [-0.4, -0.2) is 38.2 Å². The third-order valence-electron chi connectivity index (χ3n) is 4.30. The van der Waals surface area contributed by atoms with Crippen molar-refractivity contribution in [3.8, 4) is 17.6 Å². The van der Waals surface area contributed by atoms with Crippen molar-refractivity contribution >= 4 is 23.6 Å². The number of benzene rings is 2. The summed E-state index contributed by atoms with van der Waals surface area (Å²) >= 11 is 0. The van der Waals surface area contributed by atoms with E-state index in [2.05, 4.69) is 0 Å². The number of carbonyl (C=O) groups is 2. The van der Waals surface area contributed by atoms with Crippen LogP contribution in [0.2, 0.25) is 0 Å². The Morgan fingerprint density at radius 3 is 2.53 bits per heavy atom. The summed E-state index contributed by atoms with van der Waals surface area (Å²) in [7, 11) is 0. The molecule has 0 bridgehead atoms. The molecule has 0 aliphatic heterocycles. The van der Waals surface area contributed by atoms with Crippen molar-refractivity contribution in [1.29, 1.82) is 5.26 Å². The molecule has 0 aromatic heterocycles. The van der Waals surface area contributed by atoms with E-state index in [4.69, 9.17) is 19.5 Å². The van der Waals surface area contributed by atoms with E-state index in [1.54, 1.807) is 42.5 Å². The third kappa shape index (κ3) is 7.80. The lowest BCUT2D eigenvalue weighted by atomic mass is 10.2. The molecule has 0 saturated heterocycles. The van der Waals surface area contributed by atoms with Gasteiger partial charge in [0.2, 0.25) is 0 Å². The van der Waals surface area contributed by atoms with Gasteiger partial charge in [-0.1, -0.05) is 31.2 Å². The molecule has 2 aromatic carbocycles. The van der Waals surface area contributed by atoms with Crippen molar-refractivity contribution in [2.45, 2.75) is 26.7 Å². The van der Waals surface area contributed by atoms with Crippen LogP contribution >= 0.6 is 0 Å². The van der Waals surface area contributed by atoms with Gasteiger partial charge in [-0.25, -0.2) is 4.79 Å². The van der Waals surface area contributed by atoms with E-state index >= 15 is 0 Å². The summed E-state index contributed by atoms with van der Waals surface area (Å²) in [4.78, 5) is 26.1. The number of ether oxygens (including phenoxy) is 3. The van der Waals surface area contributed by atoms with Gasteiger partial charge in [0.25, 0.3) is 5.91 Å². The van der Waals surface area contributed by atoms with Crippen molar-refractivity contribution in [3.05, 3.63) is 60.2 Å². The number of amides is 1. The predicted octanol–water partition coefficient (Wildman–Crippen LogP) is 4.38. The first-order chi connectivity index (χ1) is 15.6. The lowest BCUT2D eigenvalue weighted by Gasteiger charge is -2.21. The van der Waals surface area contributed by atoms with E-state index in [9.17, 15) is 9.59 Å². The van der Waals surface area contributed by atoms with Crippen molar-refractivity contribution in [1.82, 2.24) is 0 Å². The molecule has 0 unspecified atom stereocenters. The molecular weight excluding hydrogens is 408 g/mol. The highest BCUT2D eigenvalue weighted by molar-refractivity contribution is 5.96. The molecule has 0 spiro atoms. The van der Waals surface area contributed by atoms with E-state index in [1.807, 2.05) is 32.0 Å². The zero-order chi connectivity index (χ0) is 23.2. The number of carbonyl (C=O) groups excluding carboxylic acids is 2. The molecule has 0 aliphatic rings. The minimum Gasteiger partial charge on any atom is -0.490 e. The maximum absolute atomic E-state index is 12.6. The second-order valence-electron chi connectivity index (χ2n) is 6.72. The molecule has 0 N–H and O–H groups in total. The first-order valence-electron chi connectivity index (χ1n) is 10.6. The van der Waals surface area contributed by atoms with Gasteiger partial charge in [-0.05, 0) is 49.2 Å². The highest BCUT2D eigenvalue weighted by Gasteiger charge is 2.16. The van der Waals surface area contributed by atoms with Crippen LogP contribution in [0.3, 0.4) is 0 Å². The topological polar surface area (TPSA) is 88.9 Å². The van der Waals surface area contributed by atoms with Gasteiger partial charge in [-0.3, -0.25) is 4.79 Å². The highest BCUT2D eigenvalue weighted by atomic mass is 16.5. The van der Waals surface area contributed by atoms with E-state index in [0.29, 0.717) is 30.4 Å². The smallest absolute Gasteiger partial charge is 0.331 e. The normalized spacial score (nSPS) is 10.4. The Labute approximate surface area is 188 Å². The van der Waals surface area contributed by atoms with Gasteiger partial charge in [0.1, 0.15) is 0 Å². The van der Waals surface area contributed by atoms with E-state index in [1.165, 1.54) is 11.0 Å². The van der Waals surface area contributed by atoms with Gasteiger partial charge >= 0.3 is 5.97 Å². The van der Waals surface area contributed by atoms with Crippen LogP contribution in [0.5, 0.6) is 11.5 Å². The standard InChI is InChI=1S/C25H28N2O5/c1-3-17-31-22-13-11-20(18-23(22)30-4-2)12-14-25(29)32-19-24(28)27(16-8-15-26)21-9-6-5-7-10-21/h5-7,9-14,18H,3-4,8,16-17,19H2,1-2H3. The Hall–Kier alpha value is -3.79. The lowest BCUT2D eigenvalue weighted by Crippen LogP contribution is -2.35. The number of nitriles is 1. The van der Waals surface area contributed by atoms with Crippen molar-refractivity contribution in [3.63, 3.8) is 0 Å². The minimum absolute atomic E-state index is 0.175. The molecule has 0 radical (unpaired) electrons. The fourth-order valence-electron chi connectivity index (χ4n) is 2.82. The largest absolute Gasteiger partial charge is 0.490 e. The second-order valence-corrected chi connectivity index (χ2v) is 6.72. The molecule has 1 amide bonds. The number of nitrogens with zero attached hydrogens (tertiary/aromatic N) is 2. The van der Waals surface area contributed by atoms with E-state index in [-0.39, 0.29) is 13.0 Å². The van der Waals surface area contributed by atoms with Gasteiger partial charge in [-0.2, -0.15) is 5.26 Å². The Kier molecular flexibility index (Phi) is 10.3. The van der Waals surface area contributed by atoms with Gasteiger partial charge in [0.15, 0.2) is 18.1 Å². The summed E-state index contributed by atoms with van der Waals surface area (Å²) in [5.74, 6) is 0.209. The molecule has 168 valence electrons. The summed E-state index contributed by atoms with van der Waals surface area (Å²) in [6.07, 6.45) is 3.90. The van der Waals surface area contributed by atoms with Crippen LogP contribution in [0.1, 0.15) is 32.3 Å². The Morgan fingerprint density at radius 1 is 1.06 bits per heavy atom. The molecule has 7 heteroatoms. The summed E-state index contributed by atoms with van der Waals surface area (Å²) in [5, 5.41) is 8.85. The molecule has 2 rings (SSSR count). The fraction of sp³-hybridized carbons (Fsp3) is 0.320. The monoisotopic (exact) mass is 436 g/mol. The molecule has 0 aliphatic carbocycles. The van der Waals surface area contributed by atoms with Gasteiger partial charge in [0.05, 0.1) is 25.7 Å². The zero-order valence-electron chi connectivity index (χ0n) is 18.5. The van der Waals surface area contributed by atoms with Crippen LogP contribution in [0.25, 0.3) is 6.08 Å². The van der Waals surface area contributed by atoms with Crippen molar-refractivity contribution in [2.75, 3.05) is 31.3 Å². The van der Waals surface area contributed by atoms with Gasteiger partial charge in [-0.15, -0.1) is 0 Å². The van der Waals surface area contributed by atoms with Gasteiger partial charge < -0.3 is 19.1 Å². The van der Waals surface area contributed by atoms with E-state index in [0.717, 1.165) is 12.0 Å². The third-order valence-corrected chi connectivity index (χ3v) is 4.30. The molecule has 0 saturated carbocycles. The predicted molar refractivity (Wildman–Crippen MR) is 122 cm³/mol. The second kappa shape index (κ2) is 13.5. The van der Waals surface area contributed by atoms with E-state index < -0.39 is 18.5 Å². The van der Waals surface area contributed by atoms with Crippen LogP contribution in [0.15, 0.2) is 54.6 Å². The average Bonchev–Trinajstić information content (AvgIpc) is 2.82. The number of anilines is 1. The molecule has 7 nitrogen and oxygen atoms in total. The number of rotatable bonds is 12. The van der Waals surface area contributed by atoms with Crippen molar-refractivity contribution in [2.24, 2.45) is 0 Å². The Balaban J connectivity index is 1.98. The SMILES string of the molecule is CCCOc1ccc(C=CC(=O)OCC(=O)N(CCC#N)c2ccccc2)cc1OCC. The Bertz CT molecular complexity index is 951. The molecular formula is C25H28N2O5. The number of hydrogen-bond donors (Lipinski definition) is 0. The maximum atomic E-state index is 12.6. The molecule has 2 aromatic rings.